The summed E-state index contributed by atoms with van der Waals surface area (Å²) in [7, 11) is 1.61. The van der Waals surface area contributed by atoms with Gasteiger partial charge in [0.2, 0.25) is 5.91 Å². The highest BCUT2D eigenvalue weighted by Gasteiger charge is 2.22. The van der Waals surface area contributed by atoms with Crippen LogP contribution in [-0.4, -0.2) is 38.0 Å². The molecule has 0 atom stereocenters. The van der Waals surface area contributed by atoms with Crippen molar-refractivity contribution in [3.05, 3.63) is 45.8 Å². The van der Waals surface area contributed by atoms with Gasteiger partial charge in [-0.05, 0) is 43.5 Å². The number of rotatable bonds is 8. The van der Waals surface area contributed by atoms with E-state index in [4.69, 9.17) is 9.47 Å². The summed E-state index contributed by atoms with van der Waals surface area (Å²) in [6, 6.07) is 7.57. The molecule has 0 fully saturated rings. The van der Waals surface area contributed by atoms with Gasteiger partial charge in [0.15, 0.2) is 6.61 Å². The lowest BCUT2D eigenvalue weighted by Crippen LogP contribution is -2.30. The lowest BCUT2D eigenvalue weighted by atomic mass is 10.1. The Morgan fingerprint density at radius 3 is 2.39 bits per heavy atom. The molecule has 0 spiro atoms. The van der Waals surface area contributed by atoms with Crippen LogP contribution >= 0.6 is 11.3 Å². The first-order valence-electron chi connectivity index (χ1n) is 8.76. The number of anilines is 1. The van der Waals surface area contributed by atoms with Gasteiger partial charge in [-0.3, -0.25) is 9.59 Å². The molecule has 1 aromatic heterocycles. The molecule has 0 saturated heterocycles. The zero-order valence-electron chi connectivity index (χ0n) is 16.4. The largest absolute Gasteiger partial charge is 0.497 e. The molecule has 2 aromatic rings. The number of thiophene rings is 1. The Hall–Kier alpha value is -2.87. The molecule has 8 heteroatoms. The normalized spacial score (nSPS) is 10.3. The zero-order valence-corrected chi connectivity index (χ0v) is 17.2. The van der Waals surface area contributed by atoms with E-state index >= 15 is 0 Å². The van der Waals surface area contributed by atoms with Gasteiger partial charge in [-0.1, -0.05) is 12.1 Å². The summed E-state index contributed by atoms with van der Waals surface area (Å²) in [5.41, 5.74) is 2.09. The van der Waals surface area contributed by atoms with Crippen molar-refractivity contribution >= 4 is 34.1 Å². The molecule has 2 rings (SSSR count). The molecule has 0 radical (unpaired) electrons. The number of carbonyl (C=O) groups is 3. The van der Waals surface area contributed by atoms with E-state index in [1.54, 1.807) is 14.0 Å². The highest BCUT2D eigenvalue weighted by atomic mass is 32.1. The van der Waals surface area contributed by atoms with Crippen molar-refractivity contribution in [1.29, 1.82) is 0 Å². The first-order valence-corrected chi connectivity index (χ1v) is 9.57. The molecule has 1 heterocycles. The second-order valence-electron chi connectivity index (χ2n) is 6.19. The van der Waals surface area contributed by atoms with E-state index in [-0.39, 0.29) is 18.4 Å². The molecular formula is C20H24N2O5S. The van der Waals surface area contributed by atoms with Gasteiger partial charge in [-0.25, -0.2) is 4.79 Å². The van der Waals surface area contributed by atoms with Gasteiger partial charge in [0.05, 0.1) is 12.7 Å². The number of hydrogen-bond donors (Lipinski definition) is 2. The number of amides is 2. The Balaban J connectivity index is 1.83. The van der Waals surface area contributed by atoms with Gasteiger partial charge in [-0.15, -0.1) is 11.3 Å². The predicted molar refractivity (Wildman–Crippen MR) is 108 cm³/mol. The van der Waals surface area contributed by atoms with E-state index in [0.717, 1.165) is 21.8 Å². The Morgan fingerprint density at radius 1 is 1.11 bits per heavy atom. The summed E-state index contributed by atoms with van der Waals surface area (Å²) < 4.78 is 10.2. The lowest BCUT2D eigenvalue weighted by Gasteiger charge is -2.08. The Morgan fingerprint density at radius 2 is 1.79 bits per heavy atom. The SMILES string of the molecule is COc1ccc(CCNC(=O)COC(=O)c2c(NC(C)=O)sc(C)c2C)cc1. The summed E-state index contributed by atoms with van der Waals surface area (Å²) in [5.74, 6) is -0.507. The highest BCUT2D eigenvalue weighted by molar-refractivity contribution is 7.16. The van der Waals surface area contributed by atoms with Crippen molar-refractivity contribution in [2.24, 2.45) is 0 Å². The number of hydrogen-bond acceptors (Lipinski definition) is 6. The van der Waals surface area contributed by atoms with Crippen LogP contribution in [0.5, 0.6) is 5.75 Å². The summed E-state index contributed by atoms with van der Waals surface area (Å²) in [4.78, 5) is 36.5. The smallest absolute Gasteiger partial charge is 0.341 e. The number of methoxy groups -OCH3 is 1. The Bertz CT molecular complexity index is 858. The van der Waals surface area contributed by atoms with E-state index < -0.39 is 5.97 Å². The minimum absolute atomic E-state index is 0.272. The maximum absolute atomic E-state index is 12.4. The van der Waals surface area contributed by atoms with E-state index in [2.05, 4.69) is 10.6 Å². The van der Waals surface area contributed by atoms with Crippen molar-refractivity contribution in [2.75, 3.05) is 25.6 Å². The number of ether oxygens (including phenoxy) is 2. The molecule has 28 heavy (non-hydrogen) atoms. The van der Waals surface area contributed by atoms with E-state index in [0.29, 0.717) is 23.5 Å². The predicted octanol–water partition coefficient (Wildman–Crippen LogP) is 2.85. The fraction of sp³-hybridized carbons (Fsp3) is 0.350. The van der Waals surface area contributed by atoms with Crippen LogP contribution in [0.2, 0.25) is 0 Å². The molecule has 0 saturated carbocycles. The van der Waals surface area contributed by atoms with Crippen LogP contribution in [0.15, 0.2) is 24.3 Å². The third-order valence-corrected chi connectivity index (χ3v) is 5.23. The minimum Gasteiger partial charge on any atom is -0.497 e. The van der Waals surface area contributed by atoms with Crippen LogP contribution in [0.4, 0.5) is 5.00 Å². The van der Waals surface area contributed by atoms with Gasteiger partial charge < -0.3 is 20.1 Å². The van der Waals surface area contributed by atoms with Crippen LogP contribution < -0.4 is 15.4 Å². The average molecular weight is 404 g/mol. The minimum atomic E-state index is -0.629. The molecular weight excluding hydrogens is 380 g/mol. The molecule has 7 nitrogen and oxygen atoms in total. The quantitative estimate of drug-likeness (QED) is 0.660. The van der Waals surface area contributed by atoms with Gasteiger partial charge >= 0.3 is 5.97 Å². The molecule has 0 aliphatic rings. The molecule has 0 unspecified atom stereocenters. The molecule has 0 aliphatic heterocycles. The molecule has 1 aromatic carbocycles. The van der Waals surface area contributed by atoms with Crippen LogP contribution in [0.1, 0.15) is 33.3 Å². The summed E-state index contributed by atoms with van der Waals surface area (Å²) in [6.07, 6.45) is 0.652. The maximum atomic E-state index is 12.4. The molecule has 2 N–H and O–H groups in total. The average Bonchev–Trinajstić information content (AvgIpc) is 2.93. The fourth-order valence-corrected chi connectivity index (χ4v) is 3.61. The van der Waals surface area contributed by atoms with Gasteiger partial charge in [0.25, 0.3) is 5.91 Å². The number of esters is 1. The van der Waals surface area contributed by atoms with E-state index in [9.17, 15) is 14.4 Å². The van der Waals surface area contributed by atoms with E-state index in [1.807, 2.05) is 31.2 Å². The Labute approximate surface area is 168 Å². The van der Waals surface area contributed by atoms with Crippen molar-refractivity contribution < 1.29 is 23.9 Å². The van der Waals surface area contributed by atoms with Crippen molar-refractivity contribution in [3.8, 4) is 5.75 Å². The van der Waals surface area contributed by atoms with Gasteiger partial charge in [0, 0.05) is 18.3 Å². The zero-order chi connectivity index (χ0) is 20.7. The van der Waals surface area contributed by atoms with Crippen LogP contribution in [0.3, 0.4) is 0 Å². The summed E-state index contributed by atoms with van der Waals surface area (Å²) in [6.45, 7) is 5.05. The lowest BCUT2D eigenvalue weighted by molar-refractivity contribution is -0.124. The maximum Gasteiger partial charge on any atom is 0.341 e. The molecule has 0 bridgehead atoms. The van der Waals surface area contributed by atoms with E-state index in [1.165, 1.54) is 18.3 Å². The fourth-order valence-electron chi connectivity index (χ4n) is 2.51. The summed E-state index contributed by atoms with van der Waals surface area (Å²) >= 11 is 1.30. The number of aryl methyl sites for hydroxylation is 1. The second kappa shape index (κ2) is 9.89. The molecule has 150 valence electrons. The first kappa shape index (κ1) is 21.4. The van der Waals surface area contributed by atoms with Crippen molar-refractivity contribution in [2.45, 2.75) is 27.2 Å². The monoisotopic (exact) mass is 404 g/mol. The molecule has 2 amide bonds. The standard InChI is InChI=1S/C20H24N2O5S/c1-12-13(2)28-19(22-14(3)23)18(12)20(25)27-11-17(24)21-10-9-15-5-7-16(26-4)8-6-15/h5-8H,9-11H2,1-4H3,(H,21,24)(H,22,23). The third-order valence-electron chi connectivity index (χ3n) is 4.11. The third kappa shape index (κ3) is 5.82. The van der Waals surface area contributed by atoms with Crippen LogP contribution in [0, 0.1) is 13.8 Å². The highest BCUT2D eigenvalue weighted by Crippen LogP contribution is 2.32. The molecule has 0 aliphatic carbocycles. The number of benzene rings is 1. The van der Waals surface area contributed by atoms with Crippen molar-refractivity contribution in [1.82, 2.24) is 5.32 Å². The van der Waals surface area contributed by atoms with Gasteiger partial charge in [0.1, 0.15) is 10.8 Å². The van der Waals surface area contributed by atoms with Crippen LogP contribution in [0.25, 0.3) is 0 Å². The van der Waals surface area contributed by atoms with Gasteiger partial charge in [-0.2, -0.15) is 0 Å². The Kier molecular flexibility index (Phi) is 7.57. The number of carbonyl (C=O) groups excluding carboxylic acids is 3. The van der Waals surface area contributed by atoms with Crippen LogP contribution in [-0.2, 0) is 20.7 Å². The number of nitrogens with one attached hydrogen (secondary N) is 2. The van der Waals surface area contributed by atoms with Crippen molar-refractivity contribution in [3.63, 3.8) is 0 Å². The summed E-state index contributed by atoms with van der Waals surface area (Å²) in [5, 5.41) is 5.79. The topological polar surface area (TPSA) is 93.7 Å². The first-order chi connectivity index (χ1) is 13.3. The second-order valence-corrected chi connectivity index (χ2v) is 7.42.